The van der Waals surface area contributed by atoms with Gasteiger partial charge in [-0.25, -0.2) is 4.39 Å². The molecular formula is C25H36ClFO5. The van der Waals surface area contributed by atoms with Crippen molar-refractivity contribution in [2.75, 3.05) is 5.88 Å². The number of carbonyl (C=O) groups is 3. The average Bonchev–Trinajstić information content (AvgIpc) is 2.96. The Balaban J connectivity index is 0.000000523. The van der Waals surface area contributed by atoms with Crippen molar-refractivity contribution in [3.05, 3.63) is 11.6 Å². The normalized spacial score (nSPS) is 44.9. The predicted molar refractivity (Wildman–Crippen MR) is 120 cm³/mol. The summed E-state index contributed by atoms with van der Waals surface area (Å²) in [6.45, 7) is 7.69. The zero-order chi connectivity index (χ0) is 24.1. The maximum atomic E-state index is 15.2. The Labute approximate surface area is 194 Å². The van der Waals surface area contributed by atoms with Crippen molar-refractivity contribution in [3.8, 4) is 0 Å². The van der Waals surface area contributed by atoms with Gasteiger partial charge in [0, 0.05) is 18.3 Å². The molecule has 5 nitrogen and oxygen atoms in total. The van der Waals surface area contributed by atoms with Gasteiger partial charge < -0.3 is 10.2 Å². The number of carbonyl (C=O) groups excluding carboxylic acids is 2. The van der Waals surface area contributed by atoms with Crippen molar-refractivity contribution in [2.45, 2.75) is 84.4 Å². The van der Waals surface area contributed by atoms with Crippen LogP contribution in [0.3, 0.4) is 0 Å². The molecule has 180 valence electrons. The second kappa shape index (κ2) is 8.83. The van der Waals surface area contributed by atoms with Gasteiger partial charge in [0.15, 0.2) is 11.6 Å². The van der Waals surface area contributed by atoms with Crippen molar-refractivity contribution in [1.29, 1.82) is 0 Å². The number of aliphatic carboxylic acids is 1. The summed E-state index contributed by atoms with van der Waals surface area (Å²) in [6.07, 6.45) is 4.63. The van der Waals surface area contributed by atoms with Crippen molar-refractivity contribution < 1.29 is 29.0 Å². The number of hydrogen-bond acceptors (Lipinski definition) is 4. The van der Waals surface area contributed by atoms with E-state index in [0.717, 1.165) is 19.3 Å². The molecule has 0 aromatic rings. The number of rotatable bonds is 3. The lowest BCUT2D eigenvalue weighted by atomic mass is 9.46. The zero-order valence-electron chi connectivity index (χ0n) is 19.5. The topological polar surface area (TPSA) is 91.7 Å². The fourth-order valence-corrected chi connectivity index (χ4v) is 7.80. The summed E-state index contributed by atoms with van der Waals surface area (Å²) < 4.78 is 15.2. The lowest BCUT2D eigenvalue weighted by Gasteiger charge is -2.59. The number of halogens is 2. The van der Waals surface area contributed by atoms with Gasteiger partial charge in [-0.3, -0.25) is 14.4 Å². The lowest BCUT2D eigenvalue weighted by Crippen LogP contribution is -2.60. The molecule has 32 heavy (non-hydrogen) atoms. The summed E-state index contributed by atoms with van der Waals surface area (Å²) in [5.41, 5.74) is -1.56. The number of allylic oxidation sites excluding steroid dienone is 1. The van der Waals surface area contributed by atoms with Crippen LogP contribution in [0.5, 0.6) is 0 Å². The highest BCUT2D eigenvalue weighted by molar-refractivity contribution is 6.29. The first-order chi connectivity index (χ1) is 14.9. The lowest BCUT2D eigenvalue weighted by molar-refractivity contribution is -0.166. The largest absolute Gasteiger partial charge is 0.481 e. The molecule has 0 aromatic heterocycles. The van der Waals surface area contributed by atoms with E-state index in [9.17, 15) is 19.5 Å². The Morgan fingerprint density at radius 1 is 1.22 bits per heavy atom. The number of alkyl halides is 2. The van der Waals surface area contributed by atoms with Crippen molar-refractivity contribution in [2.24, 2.45) is 34.5 Å². The van der Waals surface area contributed by atoms with Crippen LogP contribution in [0.2, 0.25) is 0 Å². The molecule has 0 unspecified atom stereocenters. The highest BCUT2D eigenvalue weighted by atomic mass is 35.5. The summed E-state index contributed by atoms with van der Waals surface area (Å²) in [7, 11) is 0. The fraction of sp³-hybridized carbons (Fsp3) is 0.800. The third kappa shape index (κ3) is 3.66. The van der Waals surface area contributed by atoms with Crippen molar-refractivity contribution in [3.63, 3.8) is 0 Å². The standard InChI is InChI=1S/C22H30ClFO3.C3H6O2/c1-12-8-16-14-10-18(24)17-9-13(25)4-6-20(17,2)15(14)5-7-21(16,3)22(12,27)19(26)11-23;1-2-3(4)5/h9,12,14-16,18,27H,4-8,10-11H2,1-3H3;2H2,1H3,(H,4,5)/t12-,14+,15-,16-,18+,20+,21-,22-;/m0./s1. The number of Topliss-reactive ketones (excluding diaryl/α,β-unsaturated/α-hetero) is 1. The van der Waals surface area contributed by atoms with Gasteiger partial charge in [-0.15, -0.1) is 11.6 Å². The van der Waals surface area contributed by atoms with Gasteiger partial charge in [-0.05, 0) is 72.8 Å². The quantitative estimate of drug-likeness (QED) is 0.581. The van der Waals surface area contributed by atoms with Crippen LogP contribution in [0.1, 0.15) is 72.6 Å². The van der Waals surface area contributed by atoms with Crippen LogP contribution < -0.4 is 0 Å². The molecule has 0 amide bonds. The second-order valence-corrected chi connectivity index (χ2v) is 11.0. The summed E-state index contributed by atoms with van der Waals surface area (Å²) >= 11 is 5.86. The first-order valence-corrected chi connectivity index (χ1v) is 12.3. The second-order valence-electron chi connectivity index (χ2n) is 10.7. The molecule has 0 aliphatic heterocycles. The number of carboxylic acid groups (broad SMARTS) is 1. The molecule has 0 saturated heterocycles. The minimum absolute atomic E-state index is 0.0424. The van der Waals surface area contributed by atoms with Crippen LogP contribution in [0, 0.1) is 34.5 Å². The van der Waals surface area contributed by atoms with Crippen LogP contribution in [-0.4, -0.2) is 45.4 Å². The van der Waals surface area contributed by atoms with Gasteiger partial charge in [0.1, 0.15) is 11.8 Å². The van der Waals surface area contributed by atoms with E-state index < -0.39 is 23.2 Å². The molecule has 3 fully saturated rings. The minimum atomic E-state index is -1.42. The Morgan fingerprint density at radius 2 is 1.84 bits per heavy atom. The summed E-state index contributed by atoms with van der Waals surface area (Å²) in [4.78, 5) is 33.9. The first-order valence-electron chi connectivity index (χ1n) is 11.8. The Bertz CT molecular complexity index is 827. The monoisotopic (exact) mass is 470 g/mol. The highest BCUT2D eigenvalue weighted by Crippen LogP contribution is 2.69. The SMILES string of the molecule is CCC(=O)O.C[C@H]1C[C@H]2[C@@H]3C[C@@H](F)C4=CC(=O)CC[C@]4(C)[C@H]3CC[C@]2(C)[C@@]1(O)C(=O)CCl. The van der Waals surface area contributed by atoms with Crippen molar-refractivity contribution >= 4 is 29.1 Å². The number of fused-ring (bicyclic) bond motifs is 5. The Morgan fingerprint density at radius 3 is 2.41 bits per heavy atom. The molecule has 2 N–H and O–H groups in total. The highest BCUT2D eigenvalue weighted by Gasteiger charge is 2.69. The third-order valence-electron chi connectivity index (χ3n) is 9.37. The molecule has 0 aromatic carbocycles. The van der Waals surface area contributed by atoms with Gasteiger partial charge in [-0.1, -0.05) is 27.7 Å². The van der Waals surface area contributed by atoms with E-state index in [1.54, 1.807) is 13.0 Å². The number of carboxylic acids is 1. The van der Waals surface area contributed by atoms with Gasteiger partial charge in [0.05, 0.1) is 5.88 Å². The molecule has 4 aliphatic carbocycles. The van der Waals surface area contributed by atoms with E-state index in [-0.39, 0.29) is 47.0 Å². The molecule has 7 heteroatoms. The van der Waals surface area contributed by atoms with E-state index >= 15 is 4.39 Å². The maximum absolute atomic E-state index is 15.2. The van der Waals surface area contributed by atoms with Crippen LogP contribution in [-0.2, 0) is 14.4 Å². The van der Waals surface area contributed by atoms with Crippen LogP contribution in [0.15, 0.2) is 11.6 Å². The molecule has 4 aliphatic rings. The van der Waals surface area contributed by atoms with E-state index in [1.165, 1.54) is 0 Å². The van der Waals surface area contributed by atoms with E-state index in [2.05, 4.69) is 6.92 Å². The van der Waals surface area contributed by atoms with Crippen LogP contribution in [0.25, 0.3) is 0 Å². The summed E-state index contributed by atoms with van der Waals surface area (Å²) in [5.74, 6) is -0.800. The molecule has 0 bridgehead atoms. The maximum Gasteiger partial charge on any atom is 0.303 e. The molecular weight excluding hydrogens is 435 g/mol. The summed E-state index contributed by atoms with van der Waals surface area (Å²) in [5, 5.41) is 19.2. The molecule has 0 radical (unpaired) electrons. The molecule has 3 saturated carbocycles. The number of ketones is 2. The molecule has 8 atom stereocenters. The molecule has 0 heterocycles. The van der Waals surface area contributed by atoms with Crippen LogP contribution >= 0.6 is 11.6 Å². The van der Waals surface area contributed by atoms with Crippen molar-refractivity contribution in [1.82, 2.24) is 0 Å². The van der Waals surface area contributed by atoms with E-state index in [4.69, 9.17) is 16.7 Å². The van der Waals surface area contributed by atoms with Gasteiger partial charge in [0.25, 0.3) is 0 Å². The summed E-state index contributed by atoms with van der Waals surface area (Å²) in [6, 6.07) is 0. The molecule has 0 spiro atoms. The smallest absolute Gasteiger partial charge is 0.303 e. The minimum Gasteiger partial charge on any atom is -0.481 e. The predicted octanol–water partition coefficient (Wildman–Crippen LogP) is 4.73. The molecule has 4 rings (SSSR count). The Kier molecular flexibility index (Phi) is 6.99. The van der Waals surface area contributed by atoms with Gasteiger partial charge in [0.2, 0.25) is 0 Å². The van der Waals surface area contributed by atoms with Crippen LogP contribution in [0.4, 0.5) is 4.39 Å². The van der Waals surface area contributed by atoms with Gasteiger partial charge in [-0.2, -0.15) is 0 Å². The zero-order valence-corrected chi connectivity index (χ0v) is 20.3. The number of hydrogen-bond donors (Lipinski definition) is 2. The third-order valence-corrected chi connectivity index (χ3v) is 9.61. The van der Waals surface area contributed by atoms with E-state index in [1.807, 2.05) is 13.8 Å². The Hall–Kier alpha value is -1.27. The first kappa shape index (κ1) is 25.4. The van der Waals surface area contributed by atoms with Gasteiger partial charge >= 0.3 is 5.97 Å². The average molecular weight is 471 g/mol. The fourth-order valence-electron chi connectivity index (χ4n) is 7.60. The number of aliphatic hydroxyl groups is 1. The van der Waals surface area contributed by atoms with E-state index in [0.29, 0.717) is 30.8 Å².